The van der Waals surface area contributed by atoms with Gasteiger partial charge in [-0.25, -0.2) is 0 Å². The third-order valence-electron chi connectivity index (χ3n) is 0.820. The van der Waals surface area contributed by atoms with E-state index >= 15 is 0 Å². The topological polar surface area (TPSA) is 60.2 Å². The first-order valence-corrected chi connectivity index (χ1v) is 2.71. The number of ketones is 1. The largest absolute Gasteiger partial charge is 0.366 e. The summed E-state index contributed by atoms with van der Waals surface area (Å²) in [5, 5.41) is 0. The van der Waals surface area contributed by atoms with Crippen LogP contribution in [0, 0.1) is 0 Å². The highest BCUT2D eigenvalue weighted by atomic mass is 16.1. The monoisotopic (exact) mass is 139 g/mol. The SMILES string of the molecule is C=C(C)C(=O)C=CC(N)=O. The first-order chi connectivity index (χ1) is 4.54. The van der Waals surface area contributed by atoms with Gasteiger partial charge in [0, 0.05) is 6.08 Å². The van der Waals surface area contributed by atoms with E-state index in [9.17, 15) is 9.59 Å². The van der Waals surface area contributed by atoms with Gasteiger partial charge in [0.1, 0.15) is 0 Å². The number of primary amides is 1. The van der Waals surface area contributed by atoms with E-state index in [-0.39, 0.29) is 5.78 Å². The summed E-state index contributed by atoms with van der Waals surface area (Å²) in [6.07, 6.45) is 2.11. The number of amides is 1. The van der Waals surface area contributed by atoms with E-state index in [0.717, 1.165) is 12.2 Å². The fourth-order valence-corrected chi connectivity index (χ4v) is 0.300. The number of hydrogen-bond donors (Lipinski definition) is 1. The second kappa shape index (κ2) is 3.61. The summed E-state index contributed by atoms with van der Waals surface area (Å²) in [4.78, 5) is 20.7. The molecular formula is C7H9NO2. The second-order valence-corrected chi connectivity index (χ2v) is 1.88. The van der Waals surface area contributed by atoms with Gasteiger partial charge in [-0.05, 0) is 18.6 Å². The van der Waals surface area contributed by atoms with Crippen LogP contribution in [-0.4, -0.2) is 11.7 Å². The van der Waals surface area contributed by atoms with Crippen LogP contribution in [0.3, 0.4) is 0 Å². The lowest BCUT2D eigenvalue weighted by Crippen LogP contribution is -2.06. The molecule has 0 fully saturated rings. The van der Waals surface area contributed by atoms with Crippen molar-refractivity contribution in [2.75, 3.05) is 0 Å². The van der Waals surface area contributed by atoms with Crippen molar-refractivity contribution in [2.45, 2.75) is 6.92 Å². The Labute approximate surface area is 59.2 Å². The molecule has 3 heteroatoms. The van der Waals surface area contributed by atoms with Crippen LogP contribution in [0.1, 0.15) is 6.92 Å². The molecule has 10 heavy (non-hydrogen) atoms. The fourth-order valence-electron chi connectivity index (χ4n) is 0.300. The third-order valence-corrected chi connectivity index (χ3v) is 0.820. The van der Waals surface area contributed by atoms with Gasteiger partial charge in [-0.3, -0.25) is 9.59 Å². The standard InChI is InChI=1S/C7H9NO2/c1-5(2)6(9)3-4-7(8)10/h3-4H,1H2,2H3,(H2,8,10). The Bertz CT molecular complexity index is 204. The molecule has 1 amide bonds. The van der Waals surface area contributed by atoms with Crippen molar-refractivity contribution in [3.05, 3.63) is 24.3 Å². The maximum Gasteiger partial charge on any atom is 0.241 e. The minimum atomic E-state index is -0.630. The van der Waals surface area contributed by atoms with Gasteiger partial charge in [0.25, 0.3) is 0 Å². The molecule has 0 unspecified atom stereocenters. The van der Waals surface area contributed by atoms with Crippen LogP contribution >= 0.6 is 0 Å². The van der Waals surface area contributed by atoms with E-state index in [1.165, 1.54) is 0 Å². The maximum absolute atomic E-state index is 10.7. The van der Waals surface area contributed by atoms with Gasteiger partial charge in [-0.2, -0.15) is 0 Å². The molecule has 0 spiro atoms. The van der Waals surface area contributed by atoms with E-state index in [4.69, 9.17) is 5.73 Å². The molecule has 0 aliphatic carbocycles. The predicted octanol–water partition coefficient (Wildman–Crippen LogP) is 0.173. The molecule has 0 aliphatic heterocycles. The molecule has 0 aromatic heterocycles. The molecule has 0 radical (unpaired) electrons. The molecule has 0 atom stereocenters. The van der Waals surface area contributed by atoms with Crippen LogP contribution in [0.2, 0.25) is 0 Å². The zero-order chi connectivity index (χ0) is 8.15. The summed E-state index contributed by atoms with van der Waals surface area (Å²) in [5.41, 5.74) is 5.12. The van der Waals surface area contributed by atoms with E-state index in [0.29, 0.717) is 5.57 Å². The number of allylic oxidation sites excluding steroid dienone is 2. The summed E-state index contributed by atoms with van der Waals surface area (Å²) >= 11 is 0. The fraction of sp³-hybridized carbons (Fsp3) is 0.143. The molecule has 0 bridgehead atoms. The Morgan fingerprint density at radius 2 is 1.90 bits per heavy atom. The number of carbonyl (C=O) groups is 2. The highest BCUT2D eigenvalue weighted by Gasteiger charge is 1.94. The minimum absolute atomic E-state index is 0.279. The van der Waals surface area contributed by atoms with E-state index in [1.54, 1.807) is 6.92 Å². The number of rotatable bonds is 3. The van der Waals surface area contributed by atoms with Crippen LogP contribution in [-0.2, 0) is 9.59 Å². The second-order valence-electron chi connectivity index (χ2n) is 1.88. The Hall–Kier alpha value is -1.38. The molecule has 3 nitrogen and oxygen atoms in total. The molecule has 0 rings (SSSR count). The Morgan fingerprint density at radius 1 is 1.40 bits per heavy atom. The minimum Gasteiger partial charge on any atom is -0.366 e. The van der Waals surface area contributed by atoms with Crippen molar-refractivity contribution in [1.82, 2.24) is 0 Å². The summed E-state index contributed by atoms with van der Waals surface area (Å²) in [6.45, 7) is 4.94. The van der Waals surface area contributed by atoms with E-state index < -0.39 is 5.91 Å². The zero-order valence-corrected chi connectivity index (χ0v) is 5.76. The van der Waals surface area contributed by atoms with Crippen LogP contribution in [0.5, 0.6) is 0 Å². The van der Waals surface area contributed by atoms with Crippen molar-refractivity contribution in [1.29, 1.82) is 0 Å². The molecule has 0 aromatic rings. The maximum atomic E-state index is 10.7. The van der Waals surface area contributed by atoms with E-state index in [2.05, 4.69) is 6.58 Å². The third kappa shape index (κ3) is 3.60. The Morgan fingerprint density at radius 3 is 2.20 bits per heavy atom. The smallest absolute Gasteiger partial charge is 0.241 e. The Kier molecular flexibility index (Phi) is 3.11. The lowest BCUT2D eigenvalue weighted by Gasteiger charge is -1.86. The summed E-state index contributed by atoms with van der Waals surface area (Å²) in [7, 11) is 0. The van der Waals surface area contributed by atoms with Gasteiger partial charge in [0.15, 0.2) is 5.78 Å². The molecule has 0 heterocycles. The van der Waals surface area contributed by atoms with Crippen LogP contribution in [0.4, 0.5) is 0 Å². The van der Waals surface area contributed by atoms with Crippen molar-refractivity contribution in [3.8, 4) is 0 Å². The average molecular weight is 139 g/mol. The van der Waals surface area contributed by atoms with Gasteiger partial charge in [0.2, 0.25) is 5.91 Å². The highest BCUT2D eigenvalue weighted by Crippen LogP contribution is 1.89. The van der Waals surface area contributed by atoms with Gasteiger partial charge >= 0.3 is 0 Å². The van der Waals surface area contributed by atoms with Crippen molar-refractivity contribution in [3.63, 3.8) is 0 Å². The number of nitrogens with two attached hydrogens (primary N) is 1. The van der Waals surface area contributed by atoms with Crippen LogP contribution in [0.15, 0.2) is 24.3 Å². The average Bonchev–Trinajstić information content (AvgIpc) is 1.82. The Balaban J connectivity index is 4.03. The lowest BCUT2D eigenvalue weighted by atomic mass is 10.2. The molecule has 0 saturated heterocycles. The molecule has 54 valence electrons. The zero-order valence-electron chi connectivity index (χ0n) is 5.76. The lowest BCUT2D eigenvalue weighted by molar-refractivity contribution is -0.114. The highest BCUT2D eigenvalue weighted by molar-refractivity contribution is 6.06. The molecule has 0 aromatic carbocycles. The molecular weight excluding hydrogens is 130 g/mol. The first kappa shape index (κ1) is 8.62. The van der Waals surface area contributed by atoms with Gasteiger partial charge < -0.3 is 5.73 Å². The molecule has 0 aliphatic rings. The first-order valence-electron chi connectivity index (χ1n) is 2.71. The van der Waals surface area contributed by atoms with Crippen LogP contribution < -0.4 is 5.73 Å². The normalized spacial score (nSPS) is 9.70. The van der Waals surface area contributed by atoms with Gasteiger partial charge in [-0.1, -0.05) is 6.58 Å². The van der Waals surface area contributed by atoms with Crippen molar-refractivity contribution >= 4 is 11.7 Å². The van der Waals surface area contributed by atoms with Gasteiger partial charge in [0.05, 0.1) is 0 Å². The number of hydrogen-bond acceptors (Lipinski definition) is 2. The summed E-state index contributed by atoms with van der Waals surface area (Å²) in [6, 6.07) is 0. The van der Waals surface area contributed by atoms with Crippen LogP contribution in [0.25, 0.3) is 0 Å². The van der Waals surface area contributed by atoms with Gasteiger partial charge in [-0.15, -0.1) is 0 Å². The van der Waals surface area contributed by atoms with E-state index in [1.807, 2.05) is 0 Å². The van der Waals surface area contributed by atoms with Crippen molar-refractivity contribution < 1.29 is 9.59 Å². The summed E-state index contributed by atoms with van der Waals surface area (Å²) < 4.78 is 0. The van der Waals surface area contributed by atoms with Crippen molar-refractivity contribution in [2.24, 2.45) is 5.73 Å². The molecule has 2 N–H and O–H groups in total. The predicted molar refractivity (Wildman–Crippen MR) is 38.2 cm³/mol. The molecule has 0 saturated carbocycles. The summed E-state index contributed by atoms with van der Waals surface area (Å²) in [5.74, 6) is -0.909. The quantitative estimate of drug-likeness (QED) is 0.567. The number of carbonyl (C=O) groups excluding carboxylic acids is 2.